The van der Waals surface area contributed by atoms with Gasteiger partial charge in [-0.25, -0.2) is 0 Å². The van der Waals surface area contributed by atoms with Gasteiger partial charge in [-0.15, -0.1) is 6.58 Å². The molecule has 1 fully saturated rings. The quantitative estimate of drug-likeness (QED) is 0.478. The molecule has 1 saturated heterocycles. The molecule has 0 spiro atoms. The zero-order valence-corrected chi connectivity index (χ0v) is 14.1. The molecule has 1 aliphatic rings. The minimum atomic E-state index is 0.753. The normalized spacial score (nSPS) is 19.0. The molecule has 2 heteroatoms. The van der Waals surface area contributed by atoms with E-state index in [-0.39, 0.29) is 0 Å². The van der Waals surface area contributed by atoms with E-state index in [1.807, 2.05) is 6.08 Å². The molecule has 0 aromatic heterocycles. The zero-order chi connectivity index (χ0) is 15.6. The van der Waals surface area contributed by atoms with Crippen LogP contribution in [0.4, 0.5) is 0 Å². The van der Waals surface area contributed by atoms with Gasteiger partial charge in [-0.05, 0) is 69.7 Å². The van der Waals surface area contributed by atoms with E-state index < -0.39 is 0 Å². The maximum Gasteiger partial charge on any atom is 0.119 e. The fourth-order valence-electron chi connectivity index (χ4n) is 3.15. The number of allylic oxidation sites excluding steroid dienone is 1. The topological polar surface area (TPSA) is 12.5 Å². The van der Waals surface area contributed by atoms with Crippen molar-refractivity contribution in [2.24, 2.45) is 0 Å². The van der Waals surface area contributed by atoms with Crippen molar-refractivity contribution in [2.45, 2.75) is 57.9 Å². The number of benzene rings is 1. The van der Waals surface area contributed by atoms with Gasteiger partial charge in [0.15, 0.2) is 0 Å². The molecule has 0 saturated carbocycles. The largest absolute Gasteiger partial charge is 0.494 e. The molecule has 22 heavy (non-hydrogen) atoms. The van der Waals surface area contributed by atoms with Gasteiger partial charge in [-0.1, -0.05) is 24.6 Å². The first kappa shape index (κ1) is 17.1. The molecule has 122 valence electrons. The van der Waals surface area contributed by atoms with Crippen LogP contribution in [0.15, 0.2) is 36.9 Å². The van der Waals surface area contributed by atoms with Crippen molar-refractivity contribution in [3.8, 4) is 5.75 Å². The Bertz CT molecular complexity index is 426. The highest BCUT2D eigenvalue weighted by atomic mass is 16.5. The molecule has 1 aromatic carbocycles. The van der Waals surface area contributed by atoms with E-state index in [9.17, 15) is 0 Å². The highest BCUT2D eigenvalue weighted by molar-refractivity contribution is 5.27. The molecule has 0 radical (unpaired) electrons. The first-order chi connectivity index (χ1) is 10.8. The molecule has 2 rings (SSSR count). The van der Waals surface area contributed by atoms with Crippen LogP contribution in [-0.2, 0) is 6.42 Å². The molecule has 1 aliphatic heterocycles. The summed E-state index contributed by atoms with van der Waals surface area (Å²) in [6, 6.07) is 9.33. The van der Waals surface area contributed by atoms with Crippen molar-refractivity contribution in [1.82, 2.24) is 4.90 Å². The predicted molar refractivity (Wildman–Crippen MR) is 94.6 cm³/mol. The number of likely N-dealkylation sites (tertiary alicyclic amines) is 1. The smallest absolute Gasteiger partial charge is 0.119 e. The summed E-state index contributed by atoms with van der Waals surface area (Å²) < 4.78 is 5.87. The summed E-state index contributed by atoms with van der Waals surface area (Å²) in [7, 11) is 0. The summed E-state index contributed by atoms with van der Waals surface area (Å²) in [5.41, 5.74) is 1.39. The van der Waals surface area contributed by atoms with Crippen molar-refractivity contribution < 1.29 is 4.74 Å². The standard InChI is InChI=1S/C20H31NO/c1-3-4-5-10-19-11-13-20(14-12-19)22-17-8-16-21-15-7-6-9-18(21)2/h3,11-14,18H,1,4-10,15-17H2,2H3. The van der Waals surface area contributed by atoms with Crippen LogP contribution in [0.1, 0.15) is 51.0 Å². The molecule has 0 bridgehead atoms. The predicted octanol–water partition coefficient (Wildman–Crippen LogP) is 4.84. The molecule has 1 heterocycles. The third kappa shape index (κ3) is 5.84. The Morgan fingerprint density at radius 1 is 1.23 bits per heavy atom. The van der Waals surface area contributed by atoms with E-state index in [0.717, 1.165) is 37.7 Å². The Kier molecular flexibility index (Phi) is 7.51. The maximum atomic E-state index is 5.87. The van der Waals surface area contributed by atoms with Gasteiger partial charge in [0.05, 0.1) is 6.61 Å². The van der Waals surface area contributed by atoms with Gasteiger partial charge in [-0.3, -0.25) is 0 Å². The Hall–Kier alpha value is -1.28. The van der Waals surface area contributed by atoms with Crippen LogP contribution in [0.25, 0.3) is 0 Å². The summed E-state index contributed by atoms with van der Waals surface area (Å²) in [5.74, 6) is 0.999. The lowest BCUT2D eigenvalue weighted by Gasteiger charge is -2.33. The first-order valence-corrected chi connectivity index (χ1v) is 8.86. The van der Waals surface area contributed by atoms with Crippen molar-refractivity contribution in [2.75, 3.05) is 19.7 Å². The average molecular weight is 301 g/mol. The molecule has 1 unspecified atom stereocenters. The number of ether oxygens (including phenoxy) is 1. The summed E-state index contributed by atoms with van der Waals surface area (Å²) in [5, 5.41) is 0. The molecule has 1 atom stereocenters. The maximum absolute atomic E-state index is 5.87. The van der Waals surface area contributed by atoms with Crippen molar-refractivity contribution in [3.63, 3.8) is 0 Å². The Morgan fingerprint density at radius 2 is 2.05 bits per heavy atom. The number of aryl methyl sites for hydroxylation is 1. The van der Waals surface area contributed by atoms with Crippen LogP contribution in [0.3, 0.4) is 0 Å². The molecular weight excluding hydrogens is 270 g/mol. The van der Waals surface area contributed by atoms with E-state index in [1.54, 1.807) is 0 Å². The zero-order valence-electron chi connectivity index (χ0n) is 14.1. The minimum Gasteiger partial charge on any atom is -0.494 e. The summed E-state index contributed by atoms with van der Waals surface area (Å²) in [4.78, 5) is 2.61. The van der Waals surface area contributed by atoms with Gasteiger partial charge in [-0.2, -0.15) is 0 Å². The van der Waals surface area contributed by atoms with Crippen molar-refractivity contribution in [3.05, 3.63) is 42.5 Å². The van der Waals surface area contributed by atoms with Crippen LogP contribution in [0, 0.1) is 0 Å². The van der Waals surface area contributed by atoms with E-state index >= 15 is 0 Å². The molecule has 0 aliphatic carbocycles. The van der Waals surface area contributed by atoms with Crippen LogP contribution in [0.5, 0.6) is 5.75 Å². The average Bonchev–Trinajstić information content (AvgIpc) is 2.55. The van der Waals surface area contributed by atoms with Crippen molar-refractivity contribution >= 4 is 0 Å². The third-order valence-corrected chi connectivity index (χ3v) is 4.60. The SMILES string of the molecule is C=CCCCc1ccc(OCCCN2CCCCC2C)cc1. The van der Waals surface area contributed by atoms with Crippen LogP contribution in [-0.4, -0.2) is 30.6 Å². The Morgan fingerprint density at radius 3 is 2.77 bits per heavy atom. The molecular formula is C20H31NO. The second-order valence-electron chi connectivity index (χ2n) is 6.41. The van der Waals surface area contributed by atoms with Gasteiger partial charge in [0.1, 0.15) is 5.75 Å². The van der Waals surface area contributed by atoms with E-state index in [0.29, 0.717) is 0 Å². The molecule has 1 aromatic rings. The fourth-order valence-corrected chi connectivity index (χ4v) is 3.15. The lowest BCUT2D eigenvalue weighted by atomic mass is 10.0. The monoisotopic (exact) mass is 301 g/mol. The first-order valence-electron chi connectivity index (χ1n) is 8.86. The van der Waals surface area contributed by atoms with Crippen LogP contribution in [0.2, 0.25) is 0 Å². The van der Waals surface area contributed by atoms with Gasteiger partial charge in [0, 0.05) is 12.6 Å². The van der Waals surface area contributed by atoms with Crippen molar-refractivity contribution in [1.29, 1.82) is 0 Å². The highest BCUT2D eigenvalue weighted by Crippen LogP contribution is 2.17. The molecule has 0 amide bonds. The van der Waals surface area contributed by atoms with E-state index in [2.05, 4.69) is 42.7 Å². The number of unbranched alkanes of at least 4 members (excludes halogenated alkanes) is 1. The summed E-state index contributed by atoms with van der Waals surface area (Å²) in [6.45, 7) is 9.37. The number of piperidine rings is 1. The summed E-state index contributed by atoms with van der Waals surface area (Å²) in [6.07, 6.45) is 10.6. The van der Waals surface area contributed by atoms with Crippen LogP contribution >= 0.6 is 0 Å². The minimum absolute atomic E-state index is 0.753. The van der Waals surface area contributed by atoms with E-state index in [4.69, 9.17) is 4.74 Å². The van der Waals surface area contributed by atoms with Crippen LogP contribution < -0.4 is 4.74 Å². The highest BCUT2D eigenvalue weighted by Gasteiger charge is 2.17. The lowest BCUT2D eigenvalue weighted by molar-refractivity contribution is 0.148. The van der Waals surface area contributed by atoms with Gasteiger partial charge >= 0.3 is 0 Å². The third-order valence-electron chi connectivity index (χ3n) is 4.60. The van der Waals surface area contributed by atoms with E-state index in [1.165, 1.54) is 44.3 Å². The van der Waals surface area contributed by atoms with Gasteiger partial charge in [0.2, 0.25) is 0 Å². The Labute approximate surface area is 136 Å². The number of hydrogen-bond donors (Lipinski definition) is 0. The number of nitrogens with zero attached hydrogens (tertiary/aromatic N) is 1. The fraction of sp³-hybridized carbons (Fsp3) is 0.600. The number of rotatable bonds is 9. The second-order valence-corrected chi connectivity index (χ2v) is 6.41. The molecule has 0 N–H and O–H groups in total. The number of hydrogen-bond acceptors (Lipinski definition) is 2. The lowest BCUT2D eigenvalue weighted by Crippen LogP contribution is -2.38. The van der Waals surface area contributed by atoms with Gasteiger partial charge < -0.3 is 9.64 Å². The van der Waals surface area contributed by atoms with Gasteiger partial charge in [0.25, 0.3) is 0 Å². The second kappa shape index (κ2) is 9.68. The molecule has 2 nitrogen and oxygen atoms in total. The summed E-state index contributed by atoms with van der Waals surface area (Å²) >= 11 is 0. The Balaban J connectivity index is 1.63.